The van der Waals surface area contributed by atoms with Gasteiger partial charge in [-0.05, 0) is 43.2 Å². The number of hydrogen-bond acceptors (Lipinski definition) is 13. The number of aliphatic carboxylic acids is 1. The van der Waals surface area contributed by atoms with Crippen LogP contribution in [0.25, 0.3) is 0 Å². The third-order valence-electron chi connectivity index (χ3n) is 10.4. The summed E-state index contributed by atoms with van der Waals surface area (Å²) in [4.78, 5) is 26.1. The Morgan fingerprint density at radius 3 is 2.21 bits per heavy atom. The number of carbonyl (C=O) groups excluding carboxylic acids is 1. The number of aliphatic hydroxyl groups is 4. The van der Waals surface area contributed by atoms with Crippen molar-refractivity contribution in [3.05, 3.63) is 35.9 Å². The molecule has 1 aromatic carbocycles. The molecule has 14 heteroatoms. The zero-order valence-corrected chi connectivity index (χ0v) is 27.0. The summed E-state index contributed by atoms with van der Waals surface area (Å²) in [5.41, 5.74) is 0.223. The van der Waals surface area contributed by atoms with Crippen molar-refractivity contribution in [1.82, 2.24) is 0 Å². The average Bonchev–Trinajstić information content (AvgIpc) is 3.08. The fraction of sp³-hybridized carbons (Fsp3) is 0.765. The second-order valence-corrected chi connectivity index (χ2v) is 13.8. The molecule has 0 amide bonds. The zero-order chi connectivity index (χ0) is 33.9. The number of ether oxygens (including phenoxy) is 7. The zero-order valence-electron chi connectivity index (χ0n) is 27.0. The molecule has 14 nitrogen and oxygen atoms in total. The molecular weight excluding hydrogens is 632 g/mol. The molecule has 5 N–H and O–H groups in total. The predicted octanol–water partition coefficient (Wildman–Crippen LogP) is 1.49. The predicted molar refractivity (Wildman–Crippen MR) is 163 cm³/mol. The molecule has 2 aliphatic carbocycles. The second-order valence-electron chi connectivity index (χ2n) is 13.8. The van der Waals surface area contributed by atoms with E-state index < -0.39 is 98.5 Å². The molecule has 5 aliphatic rings. The SMILES string of the molecule is CC1CCC[C@H]2O[C@@H]3OC(COC4O[C@@H](OC12)C(O)C(O)[C@@H]4O)[C@H](O)C(O[C@@H](CC1CCCCC1)C(=O)O)C3OC(=O)c1ccccc1. The summed E-state index contributed by atoms with van der Waals surface area (Å²) in [6.07, 6.45) is -10.4. The summed E-state index contributed by atoms with van der Waals surface area (Å²) in [6.45, 7) is 1.51. The Labute approximate surface area is 279 Å². The lowest BCUT2D eigenvalue weighted by Gasteiger charge is -2.49. The first-order chi connectivity index (χ1) is 23.1. The number of aliphatic hydroxyl groups excluding tert-OH is 4. The van der Waals surface area contributed by atoms with E-state index in [1.54, 1.807) is 30.3 Å². The fourth-order valence-electron chi connectivity index (χ4n) is 7.60. The first-order valence-corrected chi connectivity index (χ1v) is 17.2. The van der Waals surface area contributed by atoms with E-state index in [2.05, 4.69) is 0 Å². The molecule has 0 radical (unpaired) electrons. The monoisotopic (exact) mass is 680 g/mol. The molecule has 6 rings (SSSR count). The van der Waals surface area contributed by atoms with Crippen molar-refractivity contribution in [2.45, 2.75) is 145 Å². The minimum atomic E-state index is -1.66. The number of carboxylic acids is 1. The van der Waals surface area contributed by atoms with Crippen LogP contribution < -0.4 is 0 Å². The van der Waals surface area contributed by atoms with Crippen molar-refractivity contribution in [3.63, 3.8) is 0 Å². The highest BCUT2D eigenvalue weighted by atomic mass is 16.8. The summed E-state index contributed by atoms with van der Waals surface area (Å²) in [5.74, 6) is -1.95. The van der Waals surface area contributed by atoms with Gasteiger partial charge in [0, 0.05) is 0 Å². The Kier molecular flexibility index (Phi) is 11.7. The fourth-order valence-corrected chi connectivity index (χ4v) is 7.60. The summed E-state index contributed by atoms with van der Waals surface area (Å²) in [6, 6.07) is 8.22. The number of carbonyl (C=O) groups is 2. The maximum absolute atomic E-state index is 13.5. The Morgan fingerprint density at radius 2 is 1.48 bits per heavy atom. The highest BCUT2D eigenvalue weighted by molar-refractivity contribution is 5.89. The van der Waals surface area contributed by atoms with Gasteiger partial charge in [0.1, 0.15) is 36.6 Å². The van der Waals surface area contributed by atoms with Gasteiger partial charge in [0.15, 0.2) is 31.1 Å². The molecule has 268 valence electrons. The Balaban J connectivity index is 1.35. The molecule has 4 bridgehead atoms. The molecule has 5 fully saturated rings. The van der Waals surface area contributed by atoms with E-state index in [1.165, 1.54) is 0 Å². The number of fused-ring (bicyclic) bond motifs is 5. The van der Waals surface area contributed by atoms with E-state index in [0.29, 0.717) is 6.42 Å². The highest BCUT2D eigenvalue weighted by Crippen LogP contribution is 2.38. The molecule has 3 heterocycles. The molecule has 3 aliphatic heterocycles. The average molecular weight is 681 g/mol. The second kappa shape index (κ2) is 15.8. The molecule has 2 saturated carbocycles. The maximum atomic E-state index is 13.5. The van der Waals surface area contributed by atoms with Crippen molar-refractivity contribution in [1.29, 1.82) is 0 Å². The van der Waals surface area contributed by atoms with E-state index in [4.69, 9.17) is 33.2 Å². The minimum Gasteiger partial charge on any atom is -0.479 e. The van der Waals surface area contributed by atoms with Crippen LogP contribution in [0.5, 0.6) is 0 Å². The summed E-state index contributed by atoms with van der Waals surface area (Å²) < 4.78 is 42.8. The smallest absolute Gasteiger partial charge is 0.338 e. The van der Waals surface area contributed by atoms with Gasteiger partial charge in [-0.25, -0.2) is 9.59 Å². The van der Waals surface area contributed by atoms with Crippen molar-refractivity contribution >= 4 is 11.9 Å². The lowest BCUT2D eigenvalue weighted by Crippen LogP contribution is -2.65. The summed E-state index contributed by atoms with van der Waals surface area (Å²) >= 11 is 0. The van der Waals surface area contributed by atoms with Gasteiger partial charge in [-0.2, -0.15) is 0 Å². The Hall–Kier alpha value is -2.24. The van der Waals surface area contributed by atoms with Gasteiger partial charge in [0.2, 0.25) is 0 Å². The van der Waals surface area contributed by atoms with E-state index in [9.17, 15) is 35.1 Å². The van der Waals surface area contributed by atoms with Crippen LogP contribution in [0.3, 0.4) is 0 Å². The Morgan fingerprint density at radius 1 is 0.771 bits per heavy atom. The van der Waals surface area contributed by atoms with Gasteiger partial charge in [-0.15, -0.1) is 0 Å². The van der Waals surface area contributed by atoms with Gasteiger partial charge < -0.3 is 58.7 Å². The standard InChI is InChI=1S/C34H48O14/c1-17-9-8-14-20-27(17)47-33-26(38)24(36)25(37)32(48-33)42-16-22-23(35)28(43-21(30(39)40)15-18-10-4-2-5-11-18)29(34(44-20)45-22)46-31(41)19-12-6-3-7-13-19/h3,6-7,12-13,17-18,20-29,32-38H,2,4-5,8-11,14-16H2,1H3,(H,39,40)/t17?,20-,21+,22?,23+,24?,25+,26?,27?,28?,29?,32?,33-,34-/m1/s1. The summed E-state index contributed by atoms with van der Waals surface area (Å²) in [7, 11) is 0. The van der Waals surface area contributed by atoms with E-state index in [-0.39, 0.29) is 23.8 Å². The highest BCUT2D eigenvalue weighted by Gasteiger charge is 2.54. The number of rotatable bonds is 7. The van der Waals surface area contributed by atoms with Gasteiger partial charge in [0.25, 0.3) is 0 Å². The molecule has 0 spiro atoms. The van der Waals surface area contributed by atoms with E-state index in [0.717, 1.165) is 44.9 Å². The normalized spacial score (nSPS) is 41.6. The molecular formula is C34H48O14. The maximum Gasteiger partial charge on any atom is 0.338 e. The van der Waals surface area contributed by atoms with Crippen molar-refractivity contribution < 1.29 is 68.3 Å². The van der Waals surface area contributed by atoms with Crippen LogP contribution in [0.1, 0.15) is 75.1 Å². The van der Waals surface area contributed by atoms with Crippen LogP contribution in [-0.2, 0) is 38.0 Å². The van der Waals surface area contributed by atoms with E-state index >= 15 is 0 Å². The number of benzene rings is 1. The lowest BCUT2D eigenvalue weighted by molar-refractivity contribution is -0.390. The van der Waals surface area contributed by atoms with Crippen LogP contribution in [0, 0.1) is 11.8 Å². The van der Waals surface area contributed by atoms with Crippen molar-refractivity contribution in [3.8, 4) is 0 Å². The molecule has 48 heavy (non-hydrogen) atoms. The number of carboxylic acid groups (broad SMARTS) is 1. The minimum absolute atomic E-state index is 0.111. The first-order valence-electron chi connectivity index (χ1n) is 17.2. The third-order valence-corrected chi connectivity index (χ3v) is 10.4. The quantitative estimate of drug-likeness (QED) is 0.260. The molecule has 3 saturated heterocycles. The Bertz CT molecular complexity index is 1210. The van der Waals surface area contributed by atoms with Crippen LogP contribution in [-0.4, -0.2) is 124 Å². The lowest BCUT2D eigenvalue weighted by atomic mass is 9.85. The van der Waals surface area contributed by atoms with Gasteiger partial charge in [-0.3, -0.25) is 0 Å². The van der Waals surface area contributed by atoms with Crippen molar-refractivity contribution in [2.24, 2.45) is 11.8 Å². The molecule has 0 aromatic heterocycles. The van der Waals surface area contributed by atoms with Gasteiger partial charge >= 0.3 is 11.9 Å². The van der Waals surface area contributed by atoms with Crippen molar-refractivity contribution in [2.75, 3.05) is 6.61 Å². The van der Waals surface area contributed by atoms with E-state index in [1.807, 2.05) is 6.92 Å². The van der Waals surface area contributed by atoms with Crippen LogP contribution in [0.4, 0.5) is 0 Å². The van der Waals surface area contributed by atoms with Gasteiger partial charge in [0.05, 0.1) is 24.4 Å². The van der Waals surface area contributed by atoms with Gasteiger partial charge in [-0.1, -0.05) is 63.6 Å². The number of hydrogen-bond donors (Lipinski definition) is 5. The molecule has 8 unspecified atom stereocenters. The molecule has 14 atom stereocenters. The molecule has 1 aromatic rings. The third kappa shape index (κ3) is 7.88. The largest absolute Gasteiger partial charge is 0.479 e. The topological polar surface area (TPSA) is 200 Å². The van der Waals surface area contributed by atoms with Crippen LogP contribution >= 0.6 is 0 Å². The number of esters is 1. The van der Waals surface area contributed by atoms with Crippen LogP contribution in [0.2, 0.25) is 0 Å². The van der Waals surface area contributed by atoms with Crippen LogP contribution in [0.15, 0.2) is 30.3 Å². The first kappa shape index (κ1) is 35.6. The summed E-state index contributed by atoms with van der Waals surface area (Å²) in [5, 5.41) is 54.0.